The van der Waals surface area contributed by atoms with Gasteiger partial charge in [-0.25, -0.2) is 0 Å². The van der Waals surface area contributed by atoms with E-state index in [0.717, 1.165) is 37.6 Å². The maximum Gasteiger partial charge on any atom is 0.263 e. The van der Waals surface area contributed by atoms with Gasteiger partial charge in [0.25, 0.3) is 5.91 Å². The fourth-order valence-electron chi connectivity index (χ4n) is 4.01. The predicted molar refractivity (Wildman–Crippen MR) is 131 cm³/mol. The van der Waals surface area contributed by atoms with Crippen molar-refractivity contribution in [3.63, 3.8) is 0 Å². The first kappa shape index (κ1) is 24.6. The number of carbonyl (C=O) groups excluding carboxylic acids is 2. The molecular weight excluding hydrogens is 418 g/mol. The summed E-state index contributed by atoms with van der Waals surface area (Å²) in [5, 5.41) is 2.85. The molecule has 1 aliphatic heterocycles. The third kappa shape index (κ3) is 6.71. The van der Waals surface area contributed by atoms with E-state index in [1.165, 1.54) is 10.5 Å². The molecule has 1 fully saturated rings. The highest BCUT2D eigenvalue weighted by Gasteiger charge is 2.21. The Morgan fingerprint density at radius 3 is 2.36 bits per heavy atom. The van der Waals surface area contributed by atoms with E-state index < -0.39 is 6.10 Å². The number of hydrogen-bond acceptors (Lipinski definition) is 5. The number of hydrogen-bond donors (Lipinski definition) is 1. The molecule has 0 aromatic heterocycles. The van der Waals surface area contributed by atoms with Gasteiger partial charge in [-0.2, -0.15) is 0 Å². The minimum atomic E-state index is -0.695. The smallest absolute Gasteiger partial charge is 0.263 e. The Hall–Kier alpha value is -3.06. The van der Waals surface area contributed by atoms with Crippen molar-refractivity contribution in [1.82, 2.24) is 4.90 Å². The summed E-state index contributed by atoms with van der Waals surface area (Å²) in [7, 11) is 1.61. The number of nitrogens with zero attached hydrogens (tertiary/aromatic N) is 2. The molecule has 2 aromatic rings. The molecule has 2 amide bonds. The Morgan fingerprint density at radius 1 is 1.09 bits per heavy atom. The van der Waals surface area contributed by atoms with Crippen LogP contribution in [0.1, 0.15) is 37.8 Å². The van der Waals surface area contributed by atoms with Gasteiger partial charge in [-0.15, -0.1) is 0 Å². The number of rotatable bonds is 8. The molecule has 0 spiro atoms. The molecule has 0 aliphatic carbocycles. The van der Waals surface area contributed by atoms with Gasteiger partial charge in [0.1, 0.15) is 5.75 Å². The summed E-state index contributed by atoms with van der Waals surface area (Å²) in [5.74, 6) is 0.571. The van der Waals surface area contributed by atoms with Crippen LogP contribution in [0, 0.1) is 6.92 Å². The standard InChI is InChI=1S/C26H35N3O4/c1-18(2)24-11-10-23(16-19(24)3)33-20(4)26(31)28(5)17-25(30)27-21-6-8-22(9-7-21)29-12-14-32-15-13-29/h6-11,16,18,20H,12-15,17H2,1-5H3,(H,27,30). The first-order valence-electron chi connectivity index (χ1n) is 11.5. The highest BCUT2D eigenvalue weighted by Crippen LogP contribution is 2.24. The third-order valence-corrected chi connectivity index (χ3v) is 5.81. The van der Waals surface area contributed by atoms with Crippen LogP contribution in [0.2, 0.25) is 0 Å². The second-order valence-electron chi connectivity index (χ2n) is 8.82. The van der Waals surface area contributed by atoms with Crippen LogP contribution in [0.25, 0.3) is 0 Å². The molecule has 0 radical (unpaired) electrons. The van der Waals surface area contributed by atoms with E-state index in [-0.39, 0.29) is 18.4 Å². The average molecular weight is 454 g/mol. The highest BCUT2D eigenvalue weighted by atomic mass is 16.5. The van der Waals surface area contributed by atoms with Gasteiger partial charge in [-0.1, -0.05) is 19.9 Å². The molecule has 1 atom stereocenters. The number of morpholine rings is 1. The minimum absolute atomic E-state index is 0.0525. The second-order valence-corrected chi connectivity index (χ2v) is 8.82. The molecule has 1 aliphatic rings. The number of ether oxygens (including phenoxy) is 2. The molecular formula is C26H35N3O4. The van der Waals surface area contributed by atoms with E-state index >= 15 is 0 Å². The lowest BCUT2D eigenvalue weighted by atomic mass is 9.98. The molecule has 0 bridgehead atoms. The van der Waals surface area contributed by atoms with Crippen molar-refractivity contribution >= 4 is 23.2 Å². The van der Waals surface area contributed by atoms with Crippen molar-refractivity contribution in [2.75, 3.05) is 50.1 Å². The zero-order valence-electron chi connectivity index (χ0n) is 20.3. The summed E-state index contributed by atoms with van der Waals surface area (Å²) in [6, 6.07) is 13.6. The molecule has 7 nitrogen and oxygen atoms in total. The van der Waals surface area contributed by atoms with E-state index in [2.05, 4.69) is 24.1 Å². The SMILES string of the molecule is Cc1cc(OC(C)C(=O)N(C)CC(=O)Nc2ccc(N3CCOCC3)cc2)ccc1C(C)C. The van der Waals surface area contributed by atoms with Crippen LogP contribution in [-0.2, 0) is 14.3 Å². The molecule has 1 saturated heterocycles. The van der Waals surface area contributed by atoms with Crippen molar-refractivity contribution in [1.29, 1.82) is 0 Å². The van der Waals surface area contributed by atoms with E-state index in [1.807, 2.05) is 49.4 Å². The van der Waals surface area contributed by atoms with Gasteiger partial charge >= 0.3 is 0 Å². The van der Waals surface area contributed by atoms with Crippen molar-refractivity contribution < 1.29 is 19.1 Å². The van der Waals surface area contributed by atoms with Crippen molar-refractivity contribution in [3.05, 3.63) is 53.6 Å². The molecule has 1 unspecified atom stereocenters. The number of benzene rings is 2. The lowest BCUT2D eigenvalue weighted by molar-refractivity contribution is -0.139. The van der Waals surface area contributed by atoms with Crippen molar-refractivity contribution in [3.8, 4) is 5.75 Å². The van der Waals surface area contributed by atoms with Crippen LogP contribution in [0.15, 0.2) is 42.5 Å². The number of aryl methyl sites for hydroxylation is 1. The number of carbonyl (C=O) groups is 2. The van der Waals surface area contributed by atoms with Gasteiger partial charge < -0.3 is 24.6 Å². The van der Waals surface area contributed by atoms with Crippen LogP contribution < -0.4 is 15.0 Å². The minimum Gasteiger partial charge on any atom is -0.481 e. The Balaban J connectivity index is 1.50. The van der Waals surface area contributed by atoms with Gasteiger partial charge in [0.15, 0.2) is 6.10 Å². The average Bonchev–Trinajstić information content (AvgIpc) is 2.79. The number of anilines is 2. The Labute approximate surface area is 196 Å². The summed E-state index contributed by atoms with van der Waals surface area (Å²) in [4.78, 5) is 28.8. The summed E-state index contributed by atoms with van der Waals surface area (Å²) >= 11 is 0. The fourth-order valence-corrected chi connectivity index (χ4v) is 4.01. The quantitative estimate of drug-likeness (QED) is 0.658. The summed E-state index contributed by atoms with van der Waals surface area (Å²) in [6.45, 7) is 11.2. The Bertz CT molecular complexity index is 953. The van der Waals surface area contributed by atoms with Gasteiger partial charge in [-0.05, 0) is 67.3 Å². The molecule has 33 heavy (non-hydrogen) atoms. The highest BCUT2D eigenvalue weighted by molar-refractivity contribution is 5.95. The second kappa shape index (κ2) is 11.2. The zero-order chi connectivity index (χ0) is 24.0. The van der Waals surface area contributed by atoms with Gasteiger partial charge in [0, 0.05) is 31.5 Å². The molecule has 1 heterocycles. The van der Waals surface area contributed by atoms with Crippen LogP contribution in [-0.4, -0.2) is 62.7 Å². The third-order valence-electron chi connectivity index (χ3n) is 5.81. The molecule has 3 rings (SSSR count). The van der Waals surface area contributed by atoms with Crippen LogP contribution in [0.4, 0.5) is 11.4 Å². The zero-order valence-corrected chi connectivity index (χ0v) is 20.3. The molecule has 2 aromatic carbocycles. The monoisotopic (exact) mass is 453 g/mol. The first-order chi connectivity index (χ1) is 15.7. The summed E-state index contributed by atoms with van der Waals surface area (Å²) in [6.07, 6.45) is -0.695. The molecule has 7 heteroatoms. The van der Waals surface area contributed by atoms with Gasteiger partial charge in [0.05, 0.1) is 19.8 Å². The van der Waals surface area contributed by atoms with E-state index in [4.69, 9.17) is 9.47 Å². The largest absolute Gasteiger partial charge is 0.481 e. The Morgan fingerprint density at radius 2 is 1.76 bits per heavy atom. The van der Waals surface area contributed by atoms with Crippen molar-refractivity contribution in [2.45, 2.75) is 39.7 Å². The van der Waals surface area contributed by atoms with E-state index in [9.17, 15) is 9.59 Å². The van der Waals surface area contributed by atoms with Crippen LogP contribution in [0.5, 0.6) is 5.75 Å². The van der Waals surface area contributed by atoms with E-state index in [0.29, 0.717) is 17.4 Å². The first-order valence-corrected chi connectivity index (χ1v) is 11.5. The van der Waals surface area contributed by atoms with Gasteiger partial charge in [-0.3, -0.25) is 9.59 Å². The molecule has 1 N–H and O–H groups in total. The number of likely N-dealkylation sites (N-methyl/N-ethyl adjacent to an activating group) is 1. The van der Waals surface area contributed by atoms with Crippen LogP contribution in [0.3, 0.4) is 0 Å². The predicted octanol–water partition coefficient (Wildman–Crippen LogP) is 3.82. The summed E-state index contributed by atoms with van der Waals surface area (Å²) in [5.41, 5.74) is 4.19. The summed E-state index contributed by atoms with van der Waals surface area (Å²) < 4.78 is 11.2. The van der Waals surface area contributed by atoms with Crippen LogP contribution >= 0.6 is 0 Å². The lowest BCUT2D eigenvalue weighted by Crippen LogP contribution is -2.42. The lowest BCUT2D eigenvalue weighted by Gasteiger charge is -2.29. The van der Waals surface area contributed by atoms with Crippen molar-refractivity contribution in [2.24, 2.45) is 0 Å². The molecule has 0 saturated carbocycles. The van der Waals surface area contributed by atoms with E-state index in [1.54, 1.807) is 14.0 Å². The normalized spacial score (nSPS) is 14.7. The topological polar surface area (TPSA) is 71.1 Å². The van der Waals surface area contributed by atoms with Gasteiger partial charge in [0.2, 0.25) is 5.91 Å². The maximum absolute atomic E-state index is 12.7. The molecule has 178 valence electrons. The Kier molecular flexibility index (Phi) is 8.33. The number of amides is 2. The number of nitrogens with one attached hydrogen (secondary N) is 1. The fraction of sp³-hybridized carbons (Fsp3) is 0.462. The maximum atomic E-state index is 12.7.